The lowest BCUT2D eigenvalue weighted by molar-refractivity contribution is -0.197. The Morgan fingerprint density at radius 1 is 1.06 bits per heavy atom. The Bertz CT molecular complexity index is 2340. The van der Waals surface area contributed by atoms with Crippen molar-refractivity contribution in [2.45, 2.75) is 94.9 Å². The van der Waals surface area contributed by atoms with Crippen LogP contribution in [-0.2, 0) is 37.1 Å². The van der Waals surface area contributed by atoms with E-state index in [-0.39, 0.29) is 67.1 Å². The number of aromatic nitrogens is 3. The highest BCUT2D eigenvalue weighted by atomic mass is 32.1. The lowest BCUT2D eigenvalue weighted by Crippen LogP contribution is -2.60. The van der Waals surface area contributed by atoms with E-state index in [1.165, 1.54) is 15.7 Å². The molecule has 7 rings (SSSR count). The third-order valence-corrected chi connectivity index (χ3v) is 12.6. The van der Waals surface area contributed by atoms with Crippen LogP contribution in [0.1, 0.15) is 70.1 Å². The van der Waals surface area contributed by atoms with Crippen molar-refractivity contribution in [2.24, 2.45) is 7.05 Å². The maximum absolute atomic E-state index is 14.4. The number of benzene rings is 1. The van der Waals surface area contributed by atoms with E-state index < -0.39 is 53.5 Å². The normalized spacial score (nSPS) is 22.9. The smallest absolute Gasteiger partial charge is 0.378 e. The number of hydrogen-bond donors (Lipinski definition) is 1. The van der Waals surface area contributed by atoms with Gasteiger partial charge in [-0.15, -0.1) is 0 Å². The fourth-order valence-electron chi connectivity index (χ4n) is 9.05. The van der Waals surface area contributed by atoms with Gasteiger partial charge in [0.25, 0.3) is 5.91 Å². The number of fused-ring (bicyclic) bond motifs is 1. The molecule has 63 heavy (non-hydrogen) atoms. The number of pyridine rings is 1. The molecule has 0 spiro atoms. The zero-order chi connectivity index (χ0) is 45.6. The largest absolute Gasteiger partial charge is 0.419 e. The number of rotatable bonds is 11. The third kappa shape index (κ3) is 9.37. The van der Waals surface area contributed by atoms with E-state index >= 15 is 0 Å². The van der Waals surface area contributed by atoms with Gasteiger partial charge < -0.3 is 19.9 Å². The first kappa shape index (κ1) is 45.8. The molecule has 1 N–H and O–H groups in total. The Morgan fingerprint density at radius 3 is 2.46 bits per heavy atom. The molecule has 3 aromatic rings. The molecule has 2 aromatic heterocycles. The Kier molecular flexibility index (Phi) is 12.9. The molecule has 1 atom stereocenters. The van der Waals surface area contributed by atoms with Crippen LogP contribution in [-0.4, -0.2) is 134 Å². The number of nitriles is 1. The number of ketones is 1. The van der Waals surface area contributed by atoms with Gasteiger partial charge in [-0.2, -0.15) is 36.7 Å². The SMILES string of the molecule is Cn1nc(N2CCC(=O)CC2=O)c2cccc(NC(=O)CN3CCN(CCCOC4CCC(N5C(=S)N(c6cnc(C#N)c(C(F)(F)F)c6)C(=O)C5(C)C)CC4)CC3C(F)(F)F)c21. The van der Waals surface area contributed by atoms with E-state index in [4.69, 9.17) is 22.2 Å². The molecule has 4 fully saturated rings. The second kappa shape index (κ2) is 17.7. The minimum absolute atomic E-state index is 0.00184. The quantitative estimate of drug-likeness (QED) is 0.117. The van der Waals surface area contributed by atoms with E-state index in [1.54, 1.807) is 48.9 Å². The van der Waals surface area contributed by atoms with Crippen molar-refractivity contribution in [2.75, 3.05) is 61.0 Å². The molecule has 3 amide bonds. The number of carbonyl (C=O) groups is 4. The van der Waals surface area contributed by atoms with Crippen LogP contribution >= 0.6 is 12.2 Å². The predicted octanol–water partition coefficient (Wildman–Crippen LogP) is 5.17. The molecule has 0 bridgehead atoms. The molecule has 0 radical (unpaired) electrons. The van der Waals surface area contributed by atoms with E-state index in [0.29, 0.717) is 80.3 Å². The summed E-state index contributed by atoms with van der Waals surface area (Å²) in [6.45, 7) is 3.58. The lowest BCUT2D eigenvalue weighted by Gasteiger charge is -2.42. The molecule has 22 heteroatoms. The van der Waals surface area contributed by atoms with Gasteiger partial charge in [0, 0.05) is 64.2 Å². The number of hydrogen-bond acceptors (Lipinski definition) is 11. The topological polar surface area (TPSA) is 160 Å². The highest BCUT2D eigenvalue weighted by Crippen LogP contribution is 2.41. The number of thiocarbonyl (C=S) groups is 1. The molecule has 3 aliphatic heterocycles. The number of piperidine rings is 1. The Balaban J connectivity index is 0.886. The van der Waals surface area contributed by atoms with Crippen molar-refractivity contribution < 1.29 is 50.3 Å². The van der Waals surface area contributed by atoms with Crippen LogP contribution in [0.25, 0.3) is 10.9 Å². The fourth-order valence-corrected chi connectivity index (χ4v) is 9.62. The fraction of sp³-hybridized carbons (Fsp3) is 0.561. The summed E-state index contributed by atoms with van der Waals surface area (Å²) in [6, 6.07) is 5.02. The number of carbonyl (C=O) groups excluding carboxylic acids is 4. The molecular weight excluding hydrogens is 859 g/mol. The lowest BCUT2D eigenvalue weighted by atomic mass is 9.89. The predicted molar refractivity (Wildman–Crippen MR) is 220 cm³/mol. The van der Waals surface area contributed by atoms with Crippen LogP contribution < -0.4 is 15.1 Å². The van der Waals surface area contributed by atoms with E-state index in [2.05, 4.69) is 15.4 Å². The maximum atomic E-state index is 14.4. The Labute approximate surface area is 363 Å². The van der Waals surface area contributed by atoms with Crippen molar-refractivity contribution in [3.05, 3.63) is 41.7 Å². The van der Waals surface area contributed by atoms with Gasteiger partial charge in [0.15, 0.2) is 16.6 Å². The number of nitrogens with zero attached hydrogens (tertiary/aromatic N) is 9. The van der Waals surface area contributed by atoms with Gasteiger partial charge in [-0.05, 0) is 76.4 Å². The van der Waals surface area contributed by atoms with Gasteiger partial charge >= 0.3 is 12.4 Å². The number of anilines is 3. The number of aryl methyl sites for hydroxylation is 1. The highest BCUT2D eigenvalue weighted by molar-refractivity contribution is 7.80. The number of piperazine rings is 1. The first-order valence-electron chi connectivity index (χ1n) is 20.6. The average Bonchev–Trinajstić information content (AvgIpc) is 3.64. The van der Waals surface area contributed by atoms with Gasteiger partial charge in [-0.25, -0.2) is 4.98 Å². The first-order valence-corrected chi connectivity index (χ1v) is 21.0. The summed E-state index contributed by atoms with van der Waals surface area (Å²) in [5.74, 6) is -1.37. The Morgan fingerprint density at radius 2 is 1.79 bits per heavy atom. The molecule has 15 nitrogen and oxygen atoms in total. The number of halogens is 6. The van der Waals surface area contributed by atoms with Crippen LogP contribution in [0.3, 0.4) is 0 Å². The molecule has 1 aromatic carbocycles. The average molecular weight is 905 g/mol. The summed E-state index contributed by atoms with van der Waals surface area (Å²) in [7, 11) is 1.63. The molecule has 338 valence electrons. The number of nitrogens with one attached hydrogen (secondary N) is 1. The van der Waals surface area contributed by atoms with Crippen molar-refractivity contribution >= 4 is 68.9 Å². The molecule has 1 aliphatic carbocycles. The van der Waals surface area contributed by atoms with E-state index in [0.717, 1.165) is 16.0 Å². The summed E-state index contributed by atoms with van der Waals surface area (Å²) in [5, 5.41) is 16.9. The van der Waals surface area contributed by atoms with Crippen LogP contribution in [0.15, 0.2) is 30.5 Å². The van der Waals surface area contributed by atoms with Crippen molar-refractivity contribution in [1.29, 1.82) is 5.26 Å². The van der Waals surface area contributed by atoms with Crippen molar-refractivity contribution in [1.82, 2.24) is 29.5 Å². The van der Waals surface area contributed by atoms with Gasteiger partial charge in [0.1, 0.15) is 23.4 Å². The number of alkyl halides is 6. The van der Waals surface area contributed by atoms with Crippen LogP contribution in [0.4, 0.5) is 43.5 Å². The zero-order valence-corrected chi connectivity index (χ0v) is 35.6. The second-order valence-corrected chi connectivity index (χ2v) is 17.1. The van der Waals surface area contributed by atoms with Gasteiger partial charge in [0.2, 0.25) is 11.8 Å². The summed E-state index contributed by atoms with van der Waals surface area (Å²) >= 11 is 5.66. The summed E-state index contributed by atoms with van der Waals surface area (Å²) in [4.78, 5) is 61.9. The molecule has 4 aliphatic rings. The summed E-state index contributed by atoms with van der Waals surface area (Å²) in [6.07, 6.45) is -5.84. The third-order valence-electron chi connectivity index (χ3n) is 12.2. The minimum atomic E-state index is -4.87. The maximum Gasteiger partial charge on any atom is 0.419 e. The Hall–Kier alpha value is -5.24. The van der Waals surface area contributed by atoms with Crippen LogP contribution in [0.2, 0.25) is 0 Å². The van der Waals surface area contributed by atoms with Gasteiger partial charge in [-0.3, -0.25) is 38.6 Å². The van der Waals surface area contributed by atoms with Crippen LogP contribution in [0.5, 0.6) is 0 Å². The minimum Gasteiger partial charge on any atom is -0.378 e. The van der Waals surface area contributed by atoms with Crippen molar-refractivity contribution in [3.63, 3.8) is 0 Å². The number of para-hydroxylation sites is 1. The van der Waals surface area contributed by atoms with E-state index in [9.17, 15) is 45.5 Å². The van der Waals surface area contributed by atoms with E-state index in [1.807, 2.05) is 0 Å². The zero-order valence-electron chi connectivity index (χ0n) is 34.8. The summed E-state index contributed by atoms with van der Waals surface area (Å²) < 4.78 is 92.0. The monoisotopic (exact) mass is 904 g/mol. The number of ether oxygens (including phenoxy) is 1. The highest BCUT2D eigenvalue weighted by Gasteiger charge is 2.53. The first-order chi connectivity index (χ1) is 29.7. The number of amides is 3. The molecule has 1 unspecified atom stereocenters. The standard InChI is InChI=1S/C41H46F6N10O5S/c1-39(2)37(61)56(25-18-29(40(42,43)44)31(20-48)49-21-25)38(63)57(39)24-8-10-27(11-9-24)62-17-5-13-53-15-16-54(32(22-53)41(45,46)47)23-33(59)50-30-7-4-6-28-35(30)52(3)51-36(28)55-14-12-26(58)19-34(55)60/h4,6-7,18,21,24,27,32H,5,8-17,19,22-23H2,1-3H3,(H,50,59). The summed E-state index contributed by atoms with van der Waals surface area (Å²) in [5.41, 5.74) is -2.64. The van der Waals surface area contributed by atoms with Crippen molar-refractivity contribution in [3.8, 4) is 6.07 Å². The van der Waals surface area contributed by atoms with Gasteiger partial charge in [0.05, 0.1) is 47.7 Å². The number of Topliss-reactive ketones (excluding diaryl/α,β-unsaturated/α-hetero) is 1. The molecule has 1 saturated carbocycles. The van der Waals surface area contributed by atoms with Crippen LogP contribution in [0, 0.1) is 11.3 Å². The molecule has 5 heterocycles. The second-order valence-electron chi connectivity index (χ2n) is 16.7. The van der Waals surface area contributed by atoms with Gasteiger partial charge in [-0.1, -0.05) is 6.07 Å². The molecule has 3 saturated heterocycles. The molecular formula is C41H46F6N10O5S.